The topological polar surface area (TPSA) is 80.7 Å². The van der Waals surface area contributed by atoms with Crippen LogP contribution in [0.1, 0.15) is 85.0 Å². The largest absolute Gasteiger partial charge is 0.469 e. The van der Waals surface area contributed by atoms with E-state index < -0.39 is 11.5 Å². The monoisotopic (exact) mass is 420 g/mol. The Balaban J connectivity index is 1.80. The standard InChI is InChI=1S/C25H40O5/c1-16(5-8-23(29)30-4)19-6-7-20-18(11-14-26)21(10-13-24(19,20)2)25(3)12-9-17(27)15-22(25)28/h14,16-21,27H,5-13,15H2,1-4H3/t16-,17+,18+,19-,20+,21+,24-,25-/m1/s1. The number of Topliss-reactive ketones (excluding diaryl/α,β-unsaturated/α-hetero) is 1. The number of ether oxygens (including phenoxy) is 1. The molecule has 0 aromatic carbocycles. The van der Waals surface area contributed by atoms with Crippen molar-refractivity contribution < 1.29 is 24.2 Å². The van der Waals surface area contributed by atoms with Gasteiger partial charge in [0, 0.05) is 24.7 Å². The molecule has 0 radical (unpaired) electrons. The lowest BCUT2D eigenvalue weighted by Crippen LogP contribution is -2.51. The number of hydrogen-bond acceptors (Lipinski definition) is 5. The number of methoxy groups -OCH3 is 1. The summed E-state index contributed by atoms with van der Waals surface area (Å²) in [4.78, 5) is 36.3. The van der Waals surface area contributed by atoms with Gasteiger partial charge in [0.25, 0.3) is 0 Å². The highest BCUT2D eigenvalue weighted by Gasteiger charge is 2.58. The summed E-state index contributed by atoms with van der Waals surface area (Å²) >= 11 is 0. The molecule has 170 valence electrons. The Morgan fingerprint density at radius 1 is 1.20 bits per heavy atom. The lowest BCUT2D eigenvalue weighted by Gasteiger charge is -2.54. The van der Waals surface area contributed by atoms with Gasteiger partial charge in [-0.05, 0) is 80.0 Å². The first-order valence-electron chi connectivity index (χ1n) is 11.9. The van der Waals surface area contributed by atoms with Crippen LogP contribution >= 0.6 is 0 Å². The SMILES string of the molecule is COC(=O)CC[C@@H](C)[C@H]1CC[C@H]2[C@H](CC=O)[C@@H]([C@@]3(C)CC[C@H](O)CC3=O)CC[C@]12C. The number of esters is 1. The molecule has 3 rings (SSSR count). The summed E-state index contributed by atoms with van der Waals surface area (Å²) in [7, 11) is 1.44. The second kappa shape index (κ2) is 9.10. The van der Waals surface area contributed by atoms with Crippen molar-refractivity contribution >= 4 is 18.0 Å². The quantitative estimate of drug-likeness (QED) is 0.489. The molecule has 1 N–H and O–H groups in total. The lowest BCUT2D eigenvalue weighted by atomic mass is 9.49. The molecule has 0 aromatic rings. The van der Waals surface area contributed by atoms with Crippen LogP contribution in [-0.2, 0) is 19.1 Å². The second-order valence-electron chi connectivity index (χ2n) is 10.8. The van der Waals surface area contributed by atoms with E-state index in [2.05, 4.69) is 20.8 Å². The van der Waals surface area contributed by atoms with Gasteiger partial charge in [0.05, 0.1) is 13.2 Å². The van der Waals surface area contributed by atoms with Gasteiger partial charge < -0.3 is 14.6 Å². The van der Waals surface area contributed by atoms with Gasteiger partial charge in [0.1, 0.15) is 12.1 Å². The average Bonchev–Trinajstić information content (AvgIpc) is 3.07. The molecule has 0 heterocycles. The highest BCUT2D eigenvalue weighted by molar-refractivity contribution is 5.86. The third kappa shape index (κ3) is 4.11. The Morgan fingerprint density at radius 3 is 2.57 bits per heavy atom. The summed E-state index contributed by atoms with van der Waals surface area (Å²) in [6, 6.07) is 0. The van der Waals surface area contributed by atoms with Gasteiger partial charge >= 0.3 is 5.97 Å². The number of rotatable bonds is 7. The minimum atomic E-state index is -0.504. The zero-order valence-electron chi connectivity index (χ0n) is 19.2. The van der Waals surface area contributed by atoms with Crippen LogP contribution < -0.4 is 0 Å². The molecule has 3 aliphatic carbocycles. The Bertz CT molecular complexity index is 660. The fourth-order valence-electron chi connectivity index (χ4n) is 7.69. The van der Waals surface area contributed by atoms with Crippen molar-refractivity contribution in [1.82, 2.24) is 0 Å². The highest BCUT2D eigenvalue weighted by Crippen LogP contribution is 2.64. The zero-order chi connectivity index (χ0) is 22.1. The molecule has 8 atom stereocenters. The van der Waals surface area contributed by atoms with E-state index in [-0.39, 0.29) is 35.4 Å². The maximum absolute atomic E-state index is 13.0. The number of aldehydes is 1. The van der Waals surface area contributed by atoms with Crippen molar-refractivity contribution in [3.63, 3.8) is 0 Å². The summed E-state index contributed by atoms with van der Waals surface area (Å²) in [5, 5.41) is 9.96. The fraction of sp³-hybridized carbons (Fsp3) is 0.880. The molecule has 0 amide bonds. The number of carbonyl (C=O) groups is 3. The number of aliphatic hydroxyl groups excluding tert-OH is 1. The van der Waals surface area contributed by atoms with Crippen molar-refractivity contribution in [2.24, 2.45) is 40.4 Å². The van der Waals surface area contributed by atoms with Crippen molar-refractivity contribution in [2.45, 2.75) is 91.1 Å². The van der Waals surface area contributed by atoms with Crippen LogP contribution in [0.25, 0.3) is 0 Å². The Morgan fingerprint density at radius 2 is 1.93 bits per heavy atom. The maximum Gasteiger partial charge on any atom is 0.305 e. The summed E-state index contributed by atoms with van der Waals surface area (Å²) in [6.45, 7) is 6.75. The van der Waals surface area contributed by atoms with Gasteiger partial charge in [-0.25, -0.2) is 0 Å². The summed E-state index contributed by atoms with van der Waals surface area (Å²) in [6.07, 6.45) is 8.35. The lowest BCUT2D eigenvalue weighted by molar-refractivity contribution is -0.146. The number of ketones is 1. The molecule has 0 bridgehead atoms. The van der Waals surface area contributed by atoms with Crippen molar-refractivity contribution in [3.05, 3.63) is 0 Å². The van der Waals surface area contributed by atoms with Gasteiger partial charge in [-0.2, -0.15) is 0 Å². The number of hydrogen-bond donors (Lipinski definition) is 1. The Labute approximate surface area is 181 Å². The molecular formula is C25H40O5. The van der Waals surface area contributed by atoms with Crippen LogP contribution in [-0.4, -0.2) is 36.4 Å². The molecule has 30 heavy (non-hydrogen) atoms. The molecule has 0 aromatic heterocycles. The second-order valence-corrected chi connectivity index (χ2v) is 10.8. The zero-order valence-corrected chi connectivity index (χ0v) is 19.2. The third-order valence-corrected chi connectivity index (χ3v) is 9.47. The fourth-order valence-corrected chi connectivity index (χ4v) is 7.69. The molecule has 5 nitrogen and oxygen atoms in total. The van der Waals surface area contributed by atoms with Crippen LogP contribution in [0.15, 0.2) is 0 Å². The minimum absolute atomic E-state index is 0.144. The first-order chi connectivity index (χ1) is 14.2. The molecule has 0 unspecified atom stereocenters. The van der Waals surface area contributed by atoms with E-state index in [1.807, 2.05) is 0 Å². The van der Waals surface area contributed by atoms with Crippen LogP contribution in [0.2, 0.25) is 0 Å². The smallest absolute Gasteiger partial charge is 0.305 e. The van der Waals surface area contributed by atoms with Crippen molar-refractivity contribution in [1.29, 1.82) is 0 Å². The number of aliphatic hydroxyl groups is 1. The number of fused-ring (bicyclic) bond motifs is 1. The maximum atomic E-state index is 13.0. The van der Waals surface area contributed by atoms with E-state index in [0.29, 0.717) is 37.0 Å². The number of carbonyl (C=O) groups excluding carboxylic acids is 3. The molecule has 3 fully saturated rings. The van der Waals surface area contributed by atoms with Crippen LogP contribution in [0.3, 0.4) is 0 Å². The normalized spacial score (nSPS) is 42.4. The summed E-state index contributed by atoms with van der Waals surface area (Å²) in [5.41, 5.74) is -0.254. The van der Waals surface area contributed by atoms with Crippen molar-refractivity contribution in [2.75, 3.05) is 7.11 Å². The predicted octanol–water partition coefficient (Wildman–Crippen LogP) is 4.34. The van der Waals surface area contributed by atoms with Crippen LogP contribution in [0.4, 0.5) is 0 Å². The summed E-state index contributed by atoms with van der Waals surface area (Å²) < 4.78 is 4.83. The third-order valence-electron chi connectivity index (χ3n) is 9.47. The van der Waals surface area contributed by atoms with Gasteiger partial charge in [0.2, 0.25) is 0 Å². The van der Waals surface area contributed by atoms with Gasteiger partial charge in [-0.3, -0.25) is 9.59 Å². The molecule has 3 saturated carbocycles. The van der Waals surface area contributed by atoms with Crippen LogP contribution in [0, 0.1) is 40.4 Å². The van der Waals surface area contributed by atoms with E-state index in [1.54, 1.807) is 0 Å². The Hall–Kier alpha value is -1.23. The van der Waals surface area contributed by atoms with E-state index in [1.165, 1.54) is 7.11 Å². The first kappa shape index (κ1) is 23.4. The van der Waals surface area contributed by atoms with E-state index >= 15 is 0 Å². The van der Waals surface area contributed by atoms with Gasteiger partial charge in [-0.1, -0.05) is 20.8 Å². The molecule has 0 aliphatic heterocycles. The van der Waals surface area contributed by atoms with E-state index in [9.17, 15) is 19.5 Å². The van der Waals surface area contributed by atoms with Gasteiger partial charge in [0.15, 0.2) is 0 Å². The molecule has 5 heteroatoms. The predicted molar refractivity (Wildman–Crippen MR) is 115 cm³/mol. The molecule has 0 saturated heterocycles. The Kier molecular flexibility index (Phi) is 7.11. The van der Waals surface area contributed by atoms with E-state index in [4.69, 9.17) is 4.74 Å². The highest BCUT2D eigenvalue weighted by atomic mass is 16.5. The first-order valence-corrected chi connectivity index (χ1v) is 11.9. The van der Waals surface area contributed by atoms with Gasteiger partial charge in [-0.15, -0.1) is 0 Å². The molecular weight excluding hydrogens is 380 g/mol. The van der Waals surface area contributed by atoms with Crippen molar-refractivity contribution in [3.8, 4) is 0 Å². The molecule has 0 spiro atoms. The minimum Gasteiger partial charge on any atom is -0.469 e. The van der Waals surface area contributed by atoms with E-state index in [0.717, 1.165) is 44.8 Å². The van der Waals surface area contributed by atoms with Crippen LogP contribution in [0.5, 0.6) is 0 Å². The summed E-state index contributed by atoms with van der Waals surface area (Å²) in [5.74, 6) is 1.94. The molecule has 3 aliphatic rings. The average molecular weight is 421 g/mol.